The Kier molecular flexibility index (Phi) is 5.48. The molecule has 0 aromatic heterocycles. The normalized spacial score (nSPS) is 22.1. The predicted octanol–water partition coefficient (Wildman–Crippen LogP) is 5.09. The largest absolute Gasteiger partial charge is 0.317 e. The summed E-state index contributed by atoms with van der Waals surface area (Å²) in [5, 5.41) is 3.68. The summed E-state index contributed by atoms with van der Waals surface area (Å²) in [6, 6.07) is 9.15. The Balaban J connectivity index is 1.94. The van der Waals surface area contributed by atoms with Gasteiger partial charge in [0.05, 0.1) is 0 Å². The second kappa shape index (κ2) is 6.96. The molecule has 118 valence electrons. The van der Waals surface area contributed by atoms with Gasteiger partial charge in [0.25, 0.3) is 0 Å². The van der Waals surface area contributed by atoms with Gasteiger partial charge >= 0.3 is 0 Å². The highest BCUT2D eigenvalue weighted by atomic mass is 14.8. The van der Waals surface area contributed by atoms with E-state index in [1.54, 1.807) is 11.1 Å². The van der Waals surface area contributed by atoms with Crippen molar-refractivity contribution < 1.29 is 0 Å². The van der Waals surface area contributed by atoms with Crippen LogP contribution in [0.25, 0.3) is 0 Å². The standard InChI is InChI=1S/C20H33N/c1-5-20(14-16-21-15-13-19(2,3)4)12-8-10-17-9-6-7-11-18(17)20/h6-7,9,11,21H,5,8,10,12-16H2,1-4H3. The molecule has 1 aromatic carbocycles. The zero-order valence-electron chi connectivity index (χ0n) is 14.5. The van der Waals surface area contributed by atoms with Crippen LogP contribution in [0, 0.1) is 5.41 Å². The minimum absolute atomic E-state index is 0.420. The number of hydrogen-bond acceptors (Lipinski definition) is 1. The van der Waals surface area contributed by atoms with E-state index in [9.17, 15) is 0 Å². The van der Waals surface area contributed by atoms with E-state index in [2.05, 4.69) is 57.3 Å². The molecule has 0 amide bonds. The maximum absolute atomic E-state index is 3.68. The molecule has 0 aliphatic heterocycles. The van der Waals surface area contributed by atoms with Crippen molar-refractivity contribution in [2.75, 3.05) is 13.1 Å². The highest BCUT2D eigenvalue weighted by molar-refractivity contribution is 5.36. The maximum Gasteiger partial charge on any atom is -0.00347 e. The van der Waals surface area contributed by atoms with Gasteiger partial charge in [0.2, 0.25) is 0 Å². The topological polar surface area (TPSA) is 12.0 Å². The van der Waals surface area contributed by atoms with Crippen molar-refractivity contribution in [2.24, 2.45) is 5.41 Å². The monoisotopic (exact) mass is 287 g/mol. The molecule has 0 radical (unpaired) electrons. The molecule has 1 nitrogen and oxygen atoms in total. The first-order valence-corrected chi connectivity index (χ1v) is 8.76. The fraction of sp³-hybridized carbons (Fsp3) is 0.700. The second-order valence-electron chi connectivity index (χ2n) is 7.96. The lowest BCUT2D eigenvalue weighted by molar-refractivity contribution is 0.309. The first-order chi connectivity index (χ1) is 9.97. The van der Waals surface area contributed by atoms with Crippen LogP contribution in [0.1, 0.15) is 70.9 Å². The highest BCUT2D eigenvalue weighted by Crippen LogP contribution is 2.42. The molecule has 0 saturated heterocycles. The van der Waals surface area contributed by atoms with Crippen LogP contribution < -0.4 is 5.32 Å². The Labute approximate surface area is 131 Å². The molecular weight excluding hydrogens is 254 g/mol. The van der Waals surface area contributed by atoms with Gasteiger partial charge in [-0.25, -0.2) is 0 Å². The van der Waals surface area contributed by atoms with E-state index in [0.717, 1.165) is 13.1 Å². The van der Waals surface area contributed by atoms with E-state index in [1.165, 1.54) is 38.5 Å². The minimum Gasteiger partial charge on any atom is -0.317 e. The fourth-order valence-electron chi connectivity index (χ4n) is 3.73. The summed E-state index contributed by atoms with van der Waals surface area (Å²) in [5.74, 6) is 0. The molecule has 0 bridgehead atoms. The van der Waals surface area contributed by atoms with Gasteiger partial charge in [0.15, 0.2) is 0 Å². The summed E-state index contributed by atoms with van der Waals surface area (Å²) in [7, 11) is 0. The molecule has 0 saturated carbocycles. The molecule has 1 atom stereocenters. The second-order valence-corrected chi connectivity index (χ2v) is 7.96. The van der Waals surface area contributed by atoms with Gasteiger partial charge in [-0.2, -0.15) is 0 Å². The van der Waals surface area contributed by atoms with E-state index >= 15 is 0 Å². The first-order valence-electron chi connectivity index (χ1n) is 8.76. The minimum atomic E-state index is 0.420. The number of nitrogens with one attached hydrogen (secondary N) is 1. The number of aryl methyl sites for hydroxylation is 1. The quantitative estimate of drug-likeness (QED) is 0.719. The molecule has 0 spiro atoms. The van der Waals surface area contributed by atoms with Crippen LogP contribution in [0.2, 0.25) is 0 Å². The molecule has 1 unspecified atom stereocenters. The smallest absolute Gasteiger partial charge is 0.00347 e. The first kappa shape index (κ1) is 16.5. The van der Waals surface area contributed by atoms with E-state index in [-0.39, 0.29) is 0 Å². The summed E-state index contributed by atoms with van der Waals surface area (Å²) < 4.78 is 0. The number of hydrogen-bond donors (Lipinski definition) is 1. The van der Waals surface area contributed by atoms with Crippen molar-refractivity contribution in [3.8, 4) is 0 Å². The molecule has 21 heavy (non-hydrogen) atoms. The van der Waals surface area contributed by atoms with Gasteiger partial charge in [0.1, 0.15) is 0 Å². The Hall–Kier alpha value is -0.820. The Bertz CT molecular complexity index is 443. The lowest BCUT2D eigenvalue weighted by Gasteiger charge is -2.39. The summed E-state index contributed by atoms with van der Waals surface area (Å²) in [6.45, 7) is 11.6. The van der Waals surface area contributed by atoms with Crippen LogP contribution in [0.15, 0.2) is 24.3 Å². The van der Waals surface area contributed by atoms with Crippen LogP contribution in [0.5, 0.6) is 0 Å². The third kappa shape index (κ3) is 4.32. The predicted molar refractivity (Wildman–Crippen MR) is 92.9 cm³/mol. The fourth-order valence-corrected chi connectivity index (χ4v) is 3.73. The van der Waals surface area contributed by atoms with Crippen molar-refractivity contribution >= 4 is 0 Å². The van der Waals surface area contributed by atoms with Crippen molar-refractivity contribution in [3.05, 3.63) is 35.4 Å². The summed E-state index contributed by atoms with van der Waals surface area (Å²) in [4.78, 5) is 0. The summed E-state index contributed by atoms with van der Waals surface area (Å²) in [5.41, 5.74) is 4.09. The average Bonchev–Trinajstić information content (AvgIpc) is 2.46. The van der Waals surface area contributed by atoms with Crippen molar-refractivity contribution in [1.82, 2.24) is 5.32 Å². The summed E-state index contributed by atoms with van der Waals surface area (Å²) in [6.07, 6.45) is 7.79. The molecule has 2 rings (SSSR count). The van der Waals surface area contributed by atoms with Crippen molar-refractivity contribution in [2.45, 2.75) is 71.6 Å². The molecule has 1 aliphatic rings. The third-order valence-electron chi connectivity index (χ3n) is 5.20. The van der Waals surface area contributed by atoms with Crippen molar-refractivity contribution in [3.63, 3.8) is 0 Å². The van der Waals surface area contributed by atoms with E-state index in [4.69, 9.17) is 0 Å². The number of fused-ring (bicyclic) bond motifs is 1. The summed E-state index contributed by atoms with van der Waals surface area (Å²) >= 11 is 0. The van der Waals surface area contributed by atoms with Crippen LogP contribution in [-0.2, 0) is 11.8 Å². The van der Waals surface area contributed by atoms with Crippen LogP contribution >= 0.6 is 0 Å². The van der Waals surface area contributed by atoms with Crippen molar-refractivity contribution in [1.29, 1.82) is 0 Å². The third-order valence-corrected chi connectivity index (χ3v) is 5.20. The van der Waals surface area contributed by atoms with Crippen LogP contribution in [0.3, 0.4) is 0 Å². The lowest BCUT2D eigenvalue weighted by atomic mass is 9.66. The molecular formula is C20H33N. The number of rotatable bonds is 6. The van der Waals surface area contributed by atoms with Gasteiger partial charge in [-0.3, -0.25) is 0 Å². The molecule has 1 heteroatoms. The van der Waals surface area contributed by atoms with Gasteiger partial charge in [-0.1, -0.05) is 52.0 Å². The Morgan fingerprint density at radius 3 is 2.62 bits per heavy atom. The Morgan fingerprint density at radius 1 is 1.14 bits per heavy atom. The van der Waals surface area contributed by atoms with Gasteiger partial charge in [0, 0.05) is 0 Å². The molecule has 0 fully saturated rings. The van der Waals surface area contributed by atoms with Crippen LogP contribution in [0.4, 0.5) is 0 Å². The van der Waals surface area contributed by atoms with E-state index in [0.29, 0.717) is 10.8 Å². The molecule has 1 N–H and O–H groups in total. The van der Waals surface area contributed by atoms with E-state index < -0.39 is 0 Å². The van der Waals surface area contributed by atoms with E-state index in [1.807, 2.05) is 0 Å². The van der Waals surface area contributed by atoms with Gasteiger partial charge in [-0.05, 0) is 73.6 Å². The average molecular weight is 287 g/mol. The van der Waals surface area contributed by atoms with Gasteiger partial charge in [-0.15, -0.1) is 0 Å². The van der Waals surface area contributed by atoms with Gasteiger partial charge < -0.3 is 5.32 Å². The Morgan fingerprint density at radius 2 is 1.90 bits per heavy atom. The molecule has 1 aliphatic carbocycles. The van der Waals surface area contributed by atoms with Crippen LogP contribution in [-0.4, -0.2) is 13.1 Å². The highest BCUT2D eigenvalue weighted by Gasteiger charge is 2.33. The molecule has 0 heterocycles. The zero-order valence-corrected chi connectivity index (χ0v) is 14.5. The lowest BCUT2D eigenvalue weighted by Crippen LogP contribution is -2.34. The zero-order chi connectivity index (χ0) is 15.3. The number of benzene rings is 1. The SMILES string of the molecule is CCC1(CCNCCC(C)(C)C)CCCc2ccccc21. The maximum atomic E-state index is 3.68. The molecule has 1 aromatic rings.